The van der Waals surface area contributed by atoms with Crippen LogP contribution in [0.2, 0.25) is 0 Å². The summed E-state index contributed by atoms with van der Waals surface area (Å²) in [5, 5.41) is 0.726. The van der Waals surface area contributed by atoms with Gasteiger partial charge in [0.15, 0.2) is 16.6 Å². The SMILES string of the molecule is Cc1ccc(C(=O)C2CCN(C(=O)c3sc(-c4ccc(C)o4)nc3C)CC2)c(C)c1. The van der Waals surface area contributed by atoms with Gasteiger partial charge in [0.05, 0.1) is 5.69 Å². The summed E-state index contributed by atoms with van der Waals surface area (Å²) in [5.74, 6) is 1.68. The number of hydrogen-bond acceptors (Lipinski definition) is 5. The van der Waals surface area contributed by atoms with E-state index in [-0.39, 0.29) is 17.6 Å². The minimum atomic E-state index is -0.0281. The topological polar surface area (TPSA) is 63.4 Å². The fourth-order valence-corrected chi connectivity index (χ4v) is 5.04. The highest BCUT2D eigenvalue weighted by molar-refractivity contribution is 7.17. The van der Waals surface area contributed by atoms with Crippen molar-refractivity contribution in [2.45, 2.75) is 40.5 Å². The van der Waals surface area contributed by atoms with Crippen LogP contribution in [0.25, 0.3) is 10.8 Å². The first-order valence-corrected chi connectivity index (χ1v) is 11.1. The number of carbonyl (C=O) groups is 2. The van der Waals surface area contributed by atoms with Gasteiger partial charge in [-0.2, -0.15) is 0 Å². The van der Waals surface area contributed by atoms with Gasteiger partial charge in [-0.15, -0.1) is 11.3 Å². The van der Waals surface area contributed by atoms with Crippen LogP contribution in [0.15, 0.2) is 34.7 Å². The van der Waals surface area contributed by atoms with Gasteiger partial charge in [-0.05, 0) is 58.2 Å². The van der Waals surface area contributed by atoms with E-state index in [2.05, 4.69) is 11.1 Å². The van der Waals surface area contributed by atoms with Gasteiger partial charge < -0.3 is 9.32 Å². The van der Waals surface area contributed by atoms with Gasteiger partial charge >= 0.3 is 0 Å². The second kappa shape index (κ2) is 8.19. The minimum absolute atomic E-state index is 0.00283. The zero-order chi connectivity index (χ0) is 21.4. The summed E-state index contributed by atoms with van der Waals surface area (Å²) in [7, 11) is 0. The highest BCUT2D eigenvalue weighted by Gasteiger charge is 2.30. The maximum Gasteiger partial charge on any atom is 0.265 e. The summed E-state index contributed by atoms with van der Waals surface area (Å²) in [6.07, 6.45) is 1.39. The molecule has 0 radical (unpaired) electrons. The van der Waals surface area contributed by atoms with Crippen molar-refractivity contribution < 1.29 is 14.0 Å². The standard InChI is InChI=1S/C24H26N2O3S/c1-14-5-7-19(15(2)13-14)21(27)18-9-11-26(12-10-18)24(28)22-17(4)25-23(30-22)20-8-6-16(3)29-20/h5-8,13,18H,9-12H2,1-4H3. The van der Waals surface area contributed by atoms with E-state index in [0.717, 1.165) is 33.2 Å². The molecule has 3 aromatic rings. The molecule has 0 aliphatic carbocycles. The molecule has 1 aromatic carbocycles. The molecule has 3 heterocycles. The lowest BCUT2D eigenvalue weighted by Gasteiger charge is -2.31. The highest BCUT2D eigenvalue weighted by atomic mass is 32.1. The first-order chi connectivity index (χ1) is 14.3. The number of aromatic nitrogens is 1. The Kier molecular flexibility index (Phi) is 5.60. The molecule has 0 atom stereocenters. The van der Waals surface area contributed by atoms with Crippen LogP contribution in [-0.2, 0) is 0 Å². The fraction of sp³-hybridized carbons (Fsp3) is 0.375. The Morgan fingerprint density at radius 3 is 2.43 bits per heavy atom. The van der Waals surface area contributed by atoms with E-state index in [4.69, 9.17) is 4.42 Å². The molecule has 1 saturated heterocycles. The lowest BCUT2D eigenvalue weighted by atomic mass is 9.87. The summed E-state index contributed by atoms with van der Waals surface area (Å²) in [4.78, 5) is 33.1. The van der Waals surface area contributed by atoms with E-state index in [0.29, 0.717) is 36.6 Å². The number of aryl methyl sites for hydroxylation is 4. The Labute approximate surface area is 180 Å². The molecule has 0 bridgehead atoms. The Balaban J connectivity index is 1.43. The monoisotopic (exact) mass is 422 g/mol. The molecule has 0 spiro atoms. The first-order valence-electron chi connectivity index (χ1n) is 10.3. The van der Waals surface area contributed by atoms with E-state index in [1.165, 1.54) is 11.3 Å². The summed E-state index contributed by atoms with van der Waals surface area (Å²) in [6, 6.07) is 9.75. The van der Waals surface area contributed by atoms with E-state index < -0.39 is 0 Å². The van der Waals surface area contributed by atoms with Crippen molar-refractivity contribution in [2.24, 2.45) is 5.92 Å². The molecular formula is C24H26N2O3S. The number of likely N-dealkylation sites (tertiary alicyclic amines) is 1. The number of carbonyl (C=O) groups excluding carboxylic acids is 2. The summed E-state index contributed by atoms with van der Waals surface area (Å²) < 4.78 is 5.65. The van der Waals surface area contributed by atoms with Crippen molar-refractivity contribution in [2.75, 3.05) is 13.1 Å². The average Bonchev–Trinajstić information content (AvgIpc) is 3.33. The van der Waals surface area contributed by atoms with E-state index in [1.54, 1.807) is 0 Å². The van der Waals surface area contributed by atoms with Crippen LogP contribution in [0.4, 0.5) is 0 Å². The number of Topliss-reactive ketones (excluding diaryl/α,β-unsaturated/α-hetero) is 1. The van der Waals surface area contributed by atoms with Crippen LogP contribution in [0.3, 0.4) is 0 Å². The van der Waals surface area contributed by atoms with Gasteiger partial charge in [0.25, 0.3) is 5.91 Å². The third kappa shape index (κ3) is 3.97. The molecule has 6 heteroatoms. The Morgan fingerprint density at radius 1 is 1.07 bits per heavy atom. The second-order valence-corrected chi connectivity index (χ2v) is 9.09. The molecule has 4 rings (SSSR count). The Hall–Kier alpha value is -2.73. The van der Waals surface area contributed by atoms with Crippen LogP contribution in [0, 0.1) is 33.6 Å². The zero-order valence-corrected chi connectivity index (χ0v) is 18.6. The normalized spacial score (nSPS) is 14.9. The summed E-state index contributed by atoms with van der Waals surface area (Å²) in [5.41, 5.74) is 3.72. The fourth-order valence-electron chi connectivity index (χ4n) is 4.05. The van der Waals surface area contributed by atoms with Crippen molar-refractivity contribution in [1.82, 2.24) is 9.88 Å². The number of benzene rings is 1. The molecule has 1 aliphatic heterocycles. The van der Waals surface area contributed by atoms with Gasteiger partial charge in [-0.25, -0.2) is 4.98 Å². The second-order valence-electron chi connectivity index (χ2n) is 8.09. The van der Waals surface area contributed by atoms with Gasteiger partial charge in [0, 0.05) is 24.6 Å². The quantitative estimate of drug-likeness (QED) is 0.530. The zero-order valence-electron chi connectivity index (χ0n) is 17.8. The molecule has 30 heavy (non-hydrogen) atoms. The summed E-state index contributed by atoms with van der Waals surface area (Å²) >= 11 is 1.37. The lowest BCUT2D eigenvalue weighted by Crippen LogP contribution is -2.40. The van der Waals surface area contributed by atoms with Crippen molar-refractivity contribution in [3.63, 3.8) is 0 Å². The molecule has 1 amide bonds. The van der Waals surface area contributed by atoms with Crippen molar-refractivity contribution in [3.8, 4) is 10.8 Å². The van der Waals surface area contributed by atoms with E-state index >= 15 is 0 Å². The highest BCUT2D eigenvalue weighted by Crippen LogP contribution is 2.31. The number of hydrogen-bond donors (Lipinski definition) is 0. The smallest absolute Gasteiger partial charge is 0.265 e. The average molecular weight is 423 g/mol. The molecule has 0 unspecified atom stereocenters. The largest absolute Gasteiger partial charge is 0.459 e. The third-order valence-corrected chi connectivity index (χ3v) is 6.90. The van der Waals surface area contributed by atoms with Crippen LogP contribution in [0.5, 0.6) is 0 Å². The van der Waals surface area contributed by atoms with E-state index in [9.17, 15) is 9.59 Å². The maximum atomic E-state index is 13.1. The van der Waals surface area contributed by atoms with Crippen molar-refractivity contribution >= 4 is 23.0 Å². The predicted octanol–water partition coefficient (Wildman–Crippen LogP) is 5.37. The van der Waals surface area contributed by atoms with Crippen molar-refractivity contribution in [3.05, 3.63) is 63.4 Å². The van der Waals surface area contributed by atoms with Gasteiger partial charge in [0.2, 0.25) is 0 Å². The van der Waals surface area contributed by atoms with Crippen LogP contribution >= 0.6 is 11.3 Å². The maximum absolute atomic E-state index is 13.1. The number of nitrogens with zero attached hydrogens (tertiary/aromatic N) is 2. The molecule has 1 aliphatic rings. The van der Waals surface area contributed by atoms with Crippen LogP contribution in [0.1, 0.15) is 55.5 Å². The first kappa shape index (κ1) is 20.5. The van der Waals surface area contributed by atoms with Gasteiger partial charge in [0.1, 0.15) is 10.6 Å². The number of amides is 1. The molecule has 156 valence electrons. The van der Waals surface area contributed by atoms with Crippen LogP contribution in [-0.4, -0.2) is 34.7 Å². The Bertz CT molecular complexity index is 1100. The van der Waals surface area contributed by atoms with E-state index in [1.807, 2.05) is 56.9 Å². The molecule has 1 fully saturated rings. The van der Waals surface area contributed by atoms with Crippen molar-refractivity contribution in [1.29, 1.82) is 0 Å². The van der Waals surface area contributed by atoms with Crippen LogP contribution < -0.4 is 0 Å². The number of piperidine rings is 1. The molecule has 0 N–H and O–H groups in total. The summed E-state index contributed by atoms with van der Waals surface area (Å²) in [6.45, 7) is 8.95. The molecule has 5 nitrogen and oxygen atoms in total. The van der Waals surface area contributed by atoms with Gasteiger partial charge in [-0.3, -0.25) is 9.59 Å². The molecular weight excluding hydrogens is 396 g/mol. The third-order valence-electron chi connectivity index (χ3n) is 5.74. The predicted molar refractivity (Wildman–Crippen MR) is 118 cm³/mol. The number of furan rings is 1. The molecule has 2 aromatic heterocycles. The number of thiazole rings is 1. The lowest BCUT2D eigenvalue weighted by molar-refractivity contribution is 0.0653. The minimum Gasteiger partial charge on any atom is -0.459 e. The Morgan fingerprint density at radius 2 is 1.80 bits per heavy atom. The number of rotatable bonds is 4. The van der Waals surface area contributed by atoms with Gasteiger partial charge in [-0.1, -0.05) is 23.8 Å². The number of ketones is 1. The molecule has 0 saturated carbocycles.